The third-order valence-corrected chi connectivity index (χ3v) is 6.45. The predicted octanol–water partition coefficient (Wildman–Crippen LogP) is 5.39. The first-order valence-corrected chi connectivity index (χ1v) is 12.1. The third kappa shape index (κ3) is 6.45. The van der Waals surface area contributed by atoms with Crippen molar-refractivity contribution in [2.24, 2.45) is 5.41 Å². The van der Waals surface area contributed by atoms with Crippen LogP contribution in [0.25, 0.3) is 0 Å². The van der Waals surface area contributed by atoms with Crippen molar-refractivity contribution in [3.63, 3.8) is 0 Å². The summed E-state index contributed by atoms with van der Waals surface area (Å²) >= 11 is 0. The number of aromatic nitrogens is 1. The van der Waals surface area contributed by atoms with Crippen molar-refractivity contribution in [2.75, 3.05) is 38.0 Å². The fourth-order valence-electron chi connectivity index (χ4n) is 4.72. The first-order chi connectivity index (χ1) is 15.7. The number of benzene rings is 1. The van der Waals surface area contributed by atoms with Crippen LogP contribution in [0, 0.1) is 12.3 Å². The molecule has 0 unspecified atom stereocenters. The van der Waals surface area contributed by atoms with E-state index in [2.05, 4.69) is 54.7 Å². The van der Waals surface area contributed by atoms with Gasteiger partial charge in [-0.15, -0.1) is 0 Å². The Morgan fingerprint density at radius 2 is 1.68 bits per heavy atom. The second-order valence-corrected chi connectivity index (χ2v) is 11.5. The van der Waals surface area contributed by atoms with Crippen molar-refractivity contribution in [3.8, 4) is 0 Å². The summed E-state index contributed by atoms with van der Waals surface area (Å²) in [6.07, 6.45) is 0. The molecule has 34 heavy (non-hydrogen) atoms. The zero-order chi connectivity index (χ0) is 25.3. The van der Waals surface area contributed by atoms with E-state index in [-0.39, 0.29) is 22.3 Å². The number of halogens is 2. The molecule has 188 valence electrons. The molecule has 2 heterocycles. The average Bonchev–Trinajstić information content (AvgIpc) is 3.04. The van der Waals surface area contributed by atoms with E-state index in [1.54, 1.807) is 12.1 Å². The van der Waals surface area contributed by atoms with Crippen molar-refractivity contribution >= 4 is 11.6 Å². The van der Waals surface area contributed by atoms with Gasteiger partial charge in [0.15, 0.2) is 0 Å². The molecule has 1 saturated heterocycles. The number of nitrogens with one attached hydrogen (secondary N) is 2. The molecule has 5 nitrogen and oxygen atoms in total. The van der Waals surface area contributed by atoms with E-state index in [0.717, 1.165) is 57.6 Å². The van der Waals surface area contributed by atoms with Crippen LogP contribution in [0.5, 0.6) is 0 Å². The standard InChI is InChI=1S/C27H40F2N4O/c1-19-22(24(34)31-21-10-8-9-20(15-21)27(7,28)29)16-23(25(2,3)4)33(19)18-26(5,6)17-32-13-11-30-12-14-32/h8-10,15-16,30H,11-14,17-18H2,1-7H3,(H,31,34). The van der Waals surface area contributed by atoms with E-state index in [1.165, 1.54) is 12.1 Å². The van der Waals surface area contributed by atoms with Gasteiger partial charge in [0.05, 0.1) is 5.56 Å². The van der Waals surface area contributed by atoms with Gasteiger partial charge in [-0.2, -0.15) is 0 Å². The minimum absolute atomic E-state index is 0.00983. The highest BCUT2D eigenvalue weighted by Crippen LogP contribution is 2.32. The van der Waals surface area contributed by atoms with Crippen molar-refractivity contribution in [2.45, 2.75) is 66.3 Å². The van der Waals surface area contributed by atoms with Crippen LogP contribution in [0.2, 0.25) is 0 Å². The minimum atomic E-state index is -2.96. The van der Waals surface area contributed by atoms with Crippen molar-refractivity contribution in [1.82, 2.24) is 14.8 Å². The topological polar surface area (TPSA) is 49.3 Å². The van der Waals surface area contributed by atoms with Crippen LogP contribution in [-0.2, 0) is 17.9 Å². The maximum Gasteiger partial charge on any atom is 0.270 e. The monoisotopic (exact) mass is 474 g/mol. The van der Waals surface area contributed by atoms with Crippen LogP contribution in [0.3, 0.4) is 0 Å². The largest absolute Gasteiger partial charge is 0.347 e. The molecule has 0 aliphatic carbocycles. The highest BCUT2D eigenvalue weighted by Gasteiger charge is 2.30. The van der Waals surface area contributed by atoms with Crippen molar-refractivity contribution in [3.05, 3.63) is 52.8 Å². The number of alkyl halides is 2. The van der Waals surface area contributed by atoms with Gasteiger partial charge >= 0.3 is 0 Å². The normalized spacial score (nSPS) is 16.0. The van der Waals surface area contributed by atoms with Crippen LogP contribution >= 0.6 is 0 Å². The Bertz CT molecular complexity index is 1010. The summed E-state index contributed by atoms with van der Waals surface area (Å²) in [6, 6.07) is 7.85. The smallest absolute Gasteiger partial charge is 0.270 e. The Morgan fingerprint density at radius 3 is 2.26 bits per heavy atom. The molecule has 0 bridgehead atoms. The Kier molecular flexibility index (Phi) is 7.58. The van der Waals surface area contributed by atoms with E-state index in [9.17, 15) is 13.6 Å². The summed E-state index contributed by atoms with van der Waals surface area (Å²) in [6.45, 7) is 19.7. The lowest BCUT2D eigenvalue weighted by Gasteiger charge is -2.37. The highest BCUT2D eigenvalue weighted by molar-refractivity contribution is 6.05. The van der Waals surface area contributed by atoms with Gasteiger partial charge in [0.1, 0.15) is 0 Å². The zero-order valence-electron chi connectivity index (χ0n) is 21.7. The number of piperazine rings is 1. The molecule has 0 spiro atoms. The van der Waals surface area contributed by atoms with E-state index in [1.807, 2.05) is 13.0 Å². The van der Waals surface area contributed by atoms with Crippen LogP contribution in [0.1, 0.15) is 68.9 Å². The number of carbonyl (C=O) groups excluding carboxylic acids is 1. The third-order valence-electron chi connectivity index (χ3n) is 6.45. The lowest BCUT2D eigenvalue weighted by atomic mass is 9.89. The first-order valence-electron chi connectivity index (χ1n) is 12.1. The quantitative estimate of drug-likeness (QED) is 0.566. The van der Waals surface area contributed by atoms with Crippen LogP contribution < -0.4 is 10.6 Å². The fraction of sp³-hybridized carbons (Fsp3) is 0.593. The second kappa shape index (κ2) is 9.78. The second-order valence-electron chi connectivity index (χ2n) is 11.5. The average molecular weight is 475 g/mol. The molecular weight excluding hydrogens is 434 g/mol. The summed E-state index contributed by atoms with van der Waals surface area (Å²) in [5, 5.41) is 6.23. The van der Waals surface area contributed by atoms with Crippen LogP contribution in [-0.4, -0.2) is 48.1 Å². The molecule has 0 saturated carbocycles. The number of hydrogen-bond acceptors (Lipinski definition) is 3. The SMILES string of the molecule is Cc1c(C(=O)Nc2cccc(C(C)(F)F)c2)cc(C(C)(C)C)n1CC(C)(C)CN1CCNCC1. The molecule has 1 aromatic carbocycles. The summed E-state index contributed by atoms with van der Waals surface area (Å²) in [5.41, 5.74) is 2.67. The Labute approximate surface area is 202 Å². The van der Waals surface area contributed by atoms with E-state index in [0.29, 0.717) is 11.3 Å². The Morgan fingerprint density at radius 1 is 1.03 bits per heavy atom. The minimum Gasteiger partial charge on any atom is -0.347 e. The molecule has 1 aliphatic rings. The van der Waals surface area contributed by atoms with Gasteiger partial charge < -0.3 is 20.1 Å². The molecule has 2 aromatic rings. The van der Waals surface area contributed by atoms with Gasteiger partial charge in [-0.05, 0) is 30.5 Å². The number of anilines is 1. The predicted molar refractivity (Wildman–Crippen MR) is 135 cm³/mol. The van der Waals surface area contributed by atoms with Gasteiger partial charge in [-0.3, -0.25) is 4.79 Å². The Hall–Kier alpha value is -2.25. The molecule has 0 radical (unpaired) electrons. The number of carbonyl (C=O) groups is 1. The molecule has 2 N–H and O–H groups in total. The lowest BCUT2D eigenvalue weighted by Crippen LogP contribution is -2.47. The van der Waals surface area contributed by atoms with Gasteiger partial charge in [0.25, 0.3) is 11.8 Å². The summed E-state index contributed by atoms with van der Waals surface area (Å²) in [4.78, 5) is 15.7. The summed E-state index contributed by atoms with van der Waals surface area (Å²) in [5.74, 6) is -3.24. The maximum atomic E-state index is 13.7. The highest BCUT2D eigenvalue weighted by atomic mass is 19.3. The first kappa shape index (κ1) is 26.4. The molecule has 7 heteroatoms. The number of hydrogen-bond donors (Lipinski definition) is 2. The van der Waals surface area contributed by atoms with Gasteiger partial charge in [-0.25, -0.2) is 8.78 Å². The maximum absolute atomic E-state index is 13.7. The van der Waals surface area contributed by atoms with Crippen molar-refractivity contribution < 1.29 is 13.6 Å². The molecule has 0 atom stereocenters. The van der Waals surface area contributed by atoms with E-state index < -0.39 is 5.92 Å². The zero-order valence-corrected chi connectivity index (χ0v) is 21.7. The molecule has 3 rings (SSSR count). The summed E-state index contributed by atoms with van der Waals surface area (Å²) < 4.78 is 29.8. The fourth-order valence-corrected chi connectivity index (χ4v) is 4.72. The van der Waals surface area contributed by atoms with Gasteiger partial charge in [-0.1, -0.05) is 46.8 Å². The molecule has 1 aliphatic heterocycles. The lowest BCUT2D eigenvalue weighted by molar-refractivity contribution is 0.0175. The van der Waals surface area contributed by atoms with E-state index >= 15 is 0 Å². The molecular formula is C27H40F2N4O. The van der Waals surface area contributed by atoms with E-state index in [4.69, 9.17) is 0 Å². The van der Waals surface area contributed by atoms with Gasteiger partial charge in [0.2, 0.25) is 0 Å². The Balaban J connectivity index is 1.87. The van der Waals surface area contributed by atoms with Crippen LogP contribution in [0.15, 0.2) is 30.3 Å². The molecule has 1 amide bonds. The molecule has 1 aromatic heterocycles. The number of amides is 1. The molecule has 1 fully saturated rings. The number of rotatable bonds is 7. The summed E-state index contributed by atoms with van der Waals surface area (Å²) in [7, 11) is 0. The van der Waals surface area contributed by atoms with Gasteiger partial charge in [0, 0.05) is 74.2 Å². The van der Waals surface area contributed by atoms with Crippen molar-refractivity contribution in [1.29, 1.82) is 0 Å². The number of nitrogens with zero attached hydrogens (tertiary/aromatic N) is 2. The van der Waals surface area contributed by atoms with Crippen LogP contribution in [0.4, 0.5) is 14.5 Å².